The zero-order valence-corrected chi connectivity index (χ0v) is 14.6. The van der Waals surface area contributed by atoms with Crippen LogP contribution in [0.4, 0.5) is 11.4 Å². The van der Waals surface area contributed by atoms with Gasteiger partial charge in [-0.1, -0.05) is 12.1 Å². The zero-order valence-electron chi connectivity index (χ0n) is 13.8. The second kappa shape index (κ2) is 8.31. The maximum Gasteiger partial charge on any atom is 0.320 e. The molecule has 136 valence electrons. The molecule has 2 heterocycles. The molecule has 2 saturated heterocycles. The van der Waals surface area contributed by atoms with Gasteiger partial charge in [-0.15, -0.1) is 12.4 Å². The molecule has 2 aliphatic rings. The molecule has 0 bridgehead atoms. The maximum absolute atomic E-state index is 12.3. The highest BCUT2D eigenvalue weighted by molar-refractivity contribution is 6.02. The van der Waals surface area contributed by atoms with Crippen LogP contribution in [0.5, 0.6) is 0 Å². The van der Waals surface area contributed by atoms with Gasteiger partial charge in [-0.25, -0.2) is 0 Å². The number of rotatable bonds is 5. The Morgan fingerprint density at radius 1 is 1.20 bits per heavy atom. The minimum absolute atomic E-state index is 0. The van der Waals surface area contributed by atoms with Crippen molar-refractivity contribution in [3.8, 4) is 0 Å². The van der Waals surface area contributed by atoms with Crippen LogP contribution in [0, 0.1) is 0 Å². The molecule has 2 fully saturated rings. The van der Waals surface area contributed by atoms with Crippen LogP contribution in [0.25, 0.3) is 0 Å². The Morgan fingerprint density at radius 3 is 2.64 bits per heavy atom. The van der Waals surface area contributed by atoms with Crippen molar-refractivity contribution in [1.29, 1.82) is 0 Å². The first-order valence-electron chi connectivity index (χ1n) is 8.22. The van der Waals surface area contributed by atoms with Gasteiger partial charge in [-0.3, -0.25) is 19.3 Å². The summed E-state index contributed by atoms with van der Waals surface area (Å²) in [5, 5.41) is 12.0. The van der Waals surface area contributed by atoms with Crippen LogP contribution in [0.1, 0.15) is 25.7 Å². The smallest absolute Gasteiger partial charge is 0.320 e. The first kappa shape index (κ1) is 19.2. The lowest BCUT2D eigenvalue weighted by molar-refractivity contribution is -0.142. The summed E-state index contributed by atoms with van der Waals surface area (Å²) >= 11 is 0. The number of carbonyl (C=O) groups is 3. The molecule has 0 radical (unpaired) electrons. The van der Waals surface area contributed by atoms with E-state index in [4.69, 9.17) is 0 Å². The van der Waals surface area contributed by atoms with Crippen LogP contribution in [-0.4, -0.2) is 53.5 Å². The van der Waals surface area contributed by atoms with Crippen molar-refractivity contribution in [1.82, 2.24) is 4.90 Å². The zero-order chi connectivity index (χ0) is 17.1. The van der Waals surface area contributed by atoms with Crippen LogP contribution >= 0.6 is 12.4 Å². The fourth-order valence-corrected chi connectivity index (χ4v) is 3.39. The summed E-state index contributed by atoms with van der Waals surface area (Å²) in [4.78, 5) is 38.9. The lowest BCUT2D eigenvalue weighted by Gasteiger charge is -2.22. The molecule has 0 saturated carbocycles. The van der Waals surface area contributed by atoms with E-state index < -0.39 is 12.0 Å². The summed E-state index contributed by atoms with van der Waals surface area (Å²) in [5.41, 5.74) is 1.29. The molecule has 25 heavy (non-hydrogen) atoms. The normalized spacial score (nSPS) is 20.4. The Hall–Kier alpha value is -2.12. The fraction of sp³-hybridized carbons (Fsp3) is 0.471. The summed E-state index contributed by atoms with van der Waals surface area (Å²) in [6.45, 7) is 1.30. The molecule has 3 rings (SSSR count). The molecule has 0 spiro atoms. The number of para-hydroxylation sites is 2. The maximum atomic E-state index is 12.3. The number of nitrogens with zero attached hydrogens (tertiary/aromatic N) is 2. The van der Waals surface area contributed by atoms with E-state index in [0.717, 1.165) is 12.8 Å². The molecule has 1 aromatic carbocycles. The molecule has 1 aromatic rings. The Labute approximate surface area is 152 Å². The van der Waals surface area contributed by atoms with Gasteiger partial charge in [0.1, 0.15) is 6.04 Å². The molecule has 2 amide bonds. The molecular formula is C17H22ClN3O4. The number of nitrogens with one attached hydrogen (secondary N) is 1. The number of benzene rings is 1. The van der Waals surface area contributed by atoms with E-state index in [-0.39, 0.29) is 30.8 Å². The third-order valence-electron chi connectivity index (χ3n) is 4.54. The number of hydrogen-bond acceptors (Lipinski definition) is 4. The molecule has 0 aliphatic carbocycles. The van der Waals surface area contributed by atoms with E-state index >= 15 is 0 Å². The predicted molar refractivity (Wildman–Crippen MR) is 96.1 cm³/mol. The molecule has 2 N–H and O–H groups in total. The molecular weight excluding hydrogens is 346 g/mol. The number of carboxylic acids is 1. The Balaban J connectivity index is 0.00000225. The molecule has 1 unspecified atom stereocenters. The summed E-state index contributed by atoms with van der Waals surface area (Å²) in [6, 6.07) is 6.62. The van der Waals surface area contributed by atoms with Crippen molar-refractivity contribution < 1.29 is 19.5 Å². The van der Waals surface area contributed by atoms with Gasteiger partial charge in [0.2, 0.25) is 11.8 Å². The van der Waals surface area contributed by atoms with E-state index in [1.807, 2.05) is 12.1 Å². The molecule has 0 aromatic heterocycles. The average molecular weight is 368 g/mol. The van der Waals surface area contributed by atoms with Crippen molar-refractivity contribution in [3.05, 3.63) is 24.3 Å². The lowest BCUT2D eigenvalue weighted by atomic mass is 10.2. The van der Waals surface area contributed by atoms with Crippen LogP contribution in [-0.2, 0) is 14.4 Å². The minimum atomic E-state index is -0.886. The first-order chi connectivity index (χ1) is 11.6. The monoisotopic (exact) mass is 367 g/mol. The Bertz CT molecular complexity index is 667. The third-order valence-corrected chi connectivity index (χ3v) is 4.54. The van der Waals surface area contributed by atoms with E-state index in [0.29, 0.717) is 37.3 Å². The molecule has 2 aliphatic heterocycles. The largest absolute Gasteiger partial charge is 0.480 e. The number of hydrogen-bond donors (Lipinski definition) is 2. The van der Waals surface area contributed by atoms with Crippen molar-refractivity contribution in [2.45, 2.75) is 31.7 Å². The van der Waals surface area contributed by atoms with Crippen molar-refractivity contribution >= 4 is 41.6 Å². The van der Waals surface area contributed by atoms with Crippen LogP contribution < -0.4 is 10.2 Å². The van der Waals surface area contributed by atoms with E-state index in [1.165, 1.54) is 0 Å². The van der Waals surface area contributed by atoms with Gasteiger partial charge in [-0.05, 0) is 37.9 Å². The quantitative estimate of drug-likeness (QED) is 0.827. The molecule has 8 heteroatoms. The average Bonchev–Trinajstić information content (AvgIpc) is 3.17. The highest BCUT2D eigenvalue weighted by Crippen LogP contribution is 2.29. The Morgan fingerprint density at radius 2 is 1.96 bits per heavy atom. The number of carbonyl (C=O) groups excluding carboxylic acids is 2. The summed E-state index contributed by atoms with van der Waals surface area (Å²) in [5.74, 6) is -1.09. The number of carboxylic acid groups (broad SMARTS) is 1. The number of aliphatic carboxylic acids is 1. The topological polar surface area (TPSA) is 89.9 Å². The van der Waals surface area contributed by atoms with Gasteiger partial charge >= 0.3 is 5.97 Å². The van der Waals surface area contributed by atoms with E-state index in [1.54, 1.807) is 21.9 Å². The predicted octanol–water partition coefficient (Wildman–Crippen LogP) is 1.72. The van der Waals surface area contributed by atoms with Crippen LogP contribution in [0.2, 0.25) is 0 Å². The van der Waals surface area contributed by atoms with Gasteiger partial charge in [0.15, 0.2) is 0 Å². The van der Waals surface area contributed by atoms with Gasteiger partial charge in [-0.2, -0.15) is 0 Å². The summed E-state index contributed by atoms with van der Waals surface area (Å²) < 4.78 is 0. The standard InChI is InChI=1S/C17H21N3O4.ClH/c21-15(11-19-9-3-7-14(19)17(23)24)18-12-5-1-2-6-13(12)20-10-4-8-16(20)22;/h1-2,5-6,14H,3-4,7-11H2,(H,18,21)(H,23,24);1H. The first-order valence-corrected chi connectivity index (χ1v) is 8.22. The SMILES string of the molecule is Cl.O=C(CN1CCCC1C(=O)O)Nc1ccccc1N1CCCC1=O. The van der Waals surface area contributed by atoms with Gasteiger partial charge in [0.25, 0.3) is 0 Å². The minimum Gasteiger partial charge on any atom is -0.480 e. The number of anilines is 2. The number of amides is 2. The van der Waals surface area contributed by atoms with Gasteiger partial charge in [0, 0.05) is 13.0 Å². The molecule has 1 atom stereocenters. The summed E-state index contributed by atoms with van der Waals surface area (Å²) in [7, 11) is 0. The number of likely N-dealkylation sites (tertiary alicyclic amines) is 1. The summed E-state index contributed by atoms with van der Waals surface area (Å²) in [6.07, 6.45) is 2.69. The van der Waals surface area contributed by atoms with Crippen LogP contribution in [0.3, 0.4) is 0 Å². The highest BCUT2D eigenvalue weighted by Gasteiger charge is 2.32. The number of halogens is 1. The van der Waals surface area contributed by atoms with Crippen LogP contribution in [0.15, 0.2) is 24.3 Å². The van der Waals surface area contributed by atoms with Gasteiger partial charge < -0.3 is 15.3 Å². The fourth-order valence-electron chi connectivity index (χ4n) is 3.39. The van der Waals surface area contributed by atoms with E-state index in [2.05, 4.69) is 5.32 Å². The second-order valence-corrected chi connectivity index (χ2v) is 6.18. The van der Waals surface area contributed by atoms with Crippen molar-refractivity contribution in [2.24, 2.45) is 0 Å². The third kappa shape index (κ3) is 4.29. The second-order valence-electron chi connectivity index (χ2n) is 6.18. The van der Waals surface area contributed by atoms with Crippen molar-refractivity contribution in [3.63, 3.8) is 0 Å². The highest BCUT2D eigenvalue weighted by atomic mass is 35.5. The van der Waals surface area contributed by atoms with Gasteiger partial charge in [0.05, 0.1) is 17.9 Å². The van der Waals surface area contributed by atoms with Crippen molar-refractivity contribution in [2.75, 3.05) is 29.9 Å². The Kier molecular flexibility index (Phi) is 6.39. The molecule has 7 nitrogen and oxygen atoms in total. The van der Waals surface area contributed by atoms with E-state index in [9.17, 15) is 19.5 Å². The lowest BCUT2D eigenvalue weighted by Crippen LogP contribution is -2.41.